The zero-order valence-corrected chi connectivity index (χ0v) is 27.7. The molecular weight excluding hydrogens is 582 g/mol. The standard InChI is InChI=1S/C37H45N3O6/c1-23-9-7-10-28(30-11-8-12-32(38-30)40-20-27-18-37(27,34(41)42)31(40)22-44-6)33(23)45-21-25-13-14-26-15-16-39(19-24(2)29(26)17-25)35(43)46-36(3,4)5/h7-14,17,24,27,31H,15-16,18-22H2,1-6H3,(H,41,42)/t24-,27?,31+,37+/m0/s1. The number of rotatable bonds is 8. The molecule has 2 aromatic carbocycles. The number of aliphatic carboxylic acids is 1. The van der Waals surface area contributed by atoms with Gasteiger partial charge < -0.3 is 29.1 Å². The highest BCUT2D eigenvalue weighted by Gasteiger charge is 2.71. The van der Waals surface area contributed by atoms with Gasteiger partial charge in [-0.1, -0.05) is 43.3 Å². The Morgan fingerprint density at radius 2 is 1.87 bits per heavy atom. The van der Waals surface area contributed by atoms with Crippen LogP contribution in [0, 0.1) is 18.3 Å². The number of methoxy groups -OCH3 is 1. The lowest BCUT2D eigenvalue weighted by molar-refractivity contribution is -0.144. The van der Waals surface area contributed by atoms with Crippen LogP contribution in [0.3, 0.4) is 0 Å². The summed E-state index contributed by atoms with van der Waals surface area (Å²) in [4.78, 5) is 34.0. The molecule has 9 heteroatoms. The minimum Gasteiger partial charge on any atom is -0.488 e. The number of benzene rings is 2. The Labute approximate surface area is 271 Å². The highest BCUT2D eigenvalue weighted by molar-refractivity contribution is 5.82. The number of carboxylic acids is 1. The number of carbonyl (C=O) groups excluding carboxylic acids is 1. The quantitative estimate of drug-likeness (QED) is 0.304. The number of fused-ring (bicyclic) bond motifs is 2. The van der Waals surface area contributed by atoms with Gasteiger partial charge in [0, 0.05) is 32.3 Å². The number of carboxylic acid groups (broad SMARTS) is 1. The van der Waals surface area contributed by atoms with Gasteiger partial charge in [-0.3, -0.25) is 4.79 Å². The lowest BCUT2D eigenvalue weighted by atomic mass is 9.93. The van der Waals surface area contributed by atoms with E-state index in [2.05, 4.69) is 30.0 Å². The van der Waals surface area contributed by atoms with E-state index in [-0.39, 0.29) is 24.0 Å². The minimum atomic E-state index is -0.759. The van der Waals surface area contributed by atoms with Crippen molar-refractivity contribution in [1.82, 2.24) is 9.88 Å². The number of ether oxygens (including phenoxy) is 3. The molecule has 4 atom stereocenters. The van der Waals surface area contributed by atoms with Crippen molar-refractivity contribution in [1.29, 1.82) is 0 Å². The molecule has 1 saturated carbocycles. The van der Waals surface area contributed by atoms with E-state index in [9.17, 15) is 14.7 Å². The molecule has 2 fully saturated rings. The number of para-hydroxylation sites is 1. The zero-order valence-electron chi connectivity index (χ0n) is 27.7. The topological polar surface area (TPSA) is 101 Å². The highest BCUT2D eigenvalue weighted by atomic mass is 16.6. The summed E-state index contributed by atoms with van der Waals surface area (Å²) in [6.45, 7) is 12.5. The molecule has 46 heavy (non-hydrogen) atoms. The second kappa shape index (κ2) is 12.2. The molecule has 3 heterocycles. The molecule has 1 aromatic heterocycles. The van der Waals surface area contributed by atoms with Gasteiger partial charge in [0.15, 0.2) is 0 Å². The third-order valence-corrected chi connectivity index (χ3v) is 9.70. The van der Waals surface area contributed by atoms with Crippen LogP contribution < -0.4 is 9.64 Å². The van der Waals surface area contributed by atoms with Crippen molar-refractivity contribution in [3.05, 3.63) is 76.9 Å². The van der Waals surface area contributed by atoms with Crippen LogP contribution in [0.5, 0.6) is 5.75 Å². The number of carbonyl (C=O) groups is 2. The molecule has 9 nitrogen and oxygen atoms in total. The molecule has 6 rings (SSSR count). The lowest BCUT2D eigenvalue weighted by Gasteiger charge is -2.31. The van der Waals surface area contributed by atoms with E-state index in [1.54, 1.807) is 7.11 Å². The number of aromatic nitrogens is 1. The maximum absolute atomic E-state index is 12.8. The summed E-state index contributed by atoms with van der Waals surface area (Å²) in [5.41, 5.74) is 4.92. The van der Waals surface area contributed by atoms with Crippen LogP contribution in [-0.4, -0.2) is 72.0 Å². The Kier molecular flexibility index (Phi) is 8.48. The molecular formula is C37H45N3O6. The van der Waals surface area contributed by atoms with Gasteiger partial charge in [-0.25, -0.2) is 9.78 Å². The molecule has 1 N–H and O–H groups in total. The van der Waals surface area contributed by atoms with Crippen molar-refractivity contribution >= 4 is 17.9 Å². The number of amides is 1. The molecule has 1 amide bonds. The first-order chi connectivity index (χ1) is 21.9. The average molecular weight is 628 g/mol. The number of aryl methyl sites for hydroxylation is 1. The van der Waals surface area contributed by atoms with Gasteiger partial charge in [-0.2, -0.15) is 0 Å². The van der Waals surface area contributed by atoms with Crippen molar-refractivity contribution < 1.29 is 28.9 Å². The van der Waals surface area contributed by atoms with E-state index >= 15 is 0 Å². The van der Waals surface area contributed by atoms with E-state index in [0.717, 1.165) is 40.4 Å². The molecule has 244 valence electrons. The largest absolute Gasteiger partial charge is 0.488 e. The van der Waals surface area contributed by atoms with E-state index in [1.807, 2.05) is 69.0 Å². The molecule has 3 aliphatic rings. The van der Waals surface area contributed by atoms with Gasteiger partial charge in [0.2, 0.25) is 0 Å². The molecule has 0 spiro atoms. The first kappa shape index (κ1) is 31.9. The van der Waals surface area contributed by atoms with Gasteiger partial charge in [-0.05, 0) is 92.8 Å². The summed E-state index contributed by atoms with van der Waals surface area (Å²) >= 11 is 0. The highest BCUT2D eigenvalue weighted by Crippen LogP contribution is 2.62. The first-order valence-electron chi connectivity index (χ1n) is 16.2. The number of hydrogen-bond donors (Lipinski definition) is 1. The SMILES string of the molecule is COC[C@H]1N(c2cccc(-c3cccc(C)c3OCc3ccc4c(c3)[C@@H](C)CN(C(=O)OC(C)(C)C)CC4)n2)CC2C[C@@]21C(=O)O. The second-order valence-electron chi connectivity index (χ2n) is 14.1. The second-order valence-corrected chi connectivity index (χ2v) is 14.1. The van der Waals surface area contributed by atoms with Crippen LogP contribution in [0.4, 0.5) is 10.6 Å². The smallest absolute Gasteiger partial charge is 0.410 e. The maximum Gasteiger partial charge on any atom is 0.410 e. The van der Waals surface area contributed by atoms with Crippen molar-refractivity contribution in [2.75, 3.05) is 38.3 Å². The summed E-state index contributed by atoms with van der Waals surface area (Å²) in [6, 6.07) is 18.2. The van der Waals surface area contributed by atoms with Gasteiger partial charge in [-0.15, -0.1) is 0 Å². The lowest BCUT2D eigenvalue weighted by Crippen LogP contribution is -2.43. The summed E-state index contributed by atoms with van der Waals surface area (Å²) in [6.07, 6.45) is 1.20. The van der Waals surface area contributed by atoms with Crippen LogP contribution in [0.1, 0.15) is 62.3 Å². The maximum atomic E-state index is 12.8. The molecule has 3 aromatic rings. The predicted octanol–water partition coefficient (Wildman–Crippen LogP) is 6.46. The minimum absolute atomic E-state index is 0.109. The van der Waals surface area contributed by atoms with Gasteiger partial charge in [0.25, 0.3) is 0 Å². The summed E-state index contributed by atoms with van der Waals surface area (Å²) in [7, 11) is 1.62. The molecule has 1 aliphatic carbocycles. The van der Waals surface area contributed by atoms with Crippen LogP contribution in [-0.2, 0) is 27.3 Å². The average Bonchev–Trinajstić information content (AvgIpc) is 3.69. The molecule has 0 radical (unpaired) electrons. The van der Waals surface area contributed by atoms with Crippen molar-refractivity contribution in [3.63, 3.8) is 0 Å². The fraction of sp³-hybridized carbons (Fsp3) is 0.486. The van der Waals surface area contributed by atoms with Crippen LogP contribution in [0.25, 0.3) is 11.3 Å². The van der Waals surface area contributed by atoms with Crippen molar-refractivity contribution in [2.45, 2.75) is 71.6 Å². The van der Waals surface area contributed by atoms with E-state index in [1.165, 1.54) is 11.1 Å². The Bertz CT molecular complexity index is 1630. The van der Waals surface area contributed by atoms with Crippen LogP contribution in [0.15, 0.2) is 54.6 Å². The normalized spacial score (nSPS) is 23.7. The van der Waals surface area contributed by atoms with Crippen LogP contribution in [0.2, 0.25) is 0 Å². The van der Waals surface area contributed by atoms with Crippen molar-refractivity contribution in [3.8, 4) is 17.0 Å². The van der Waals surface area contributed by atoms with Gasteiger partial charge in [0.1, 0.15) is 23.8 Å². The monoisotopic (exact) mass is 627 g/mol. The first-order valence-corrected chi connectivity index (χ1v) is 16.2. The van der Waals surface area contributed by atoms with E-state index in [0.29, 0.717) is 39.3 Å². The van der Waals surface area contributed by atoms with Gasteiger partial charge in [0.05, 0.1) is 23.8 Å². The summed E-state index contributed by atoms with van der Waals surface area (Å²) < 4.78 is 17.7. The van der Waals surface area contributed by atoms with Crippen molar-refractivity contribution in [2.24, 2.45) is 11.3 Å². The molecule has 2 aliphatic heterocycles. The Balaban J connectivity index is 1.20. The number of hydrogen-bond acceptors (Lipinski definition) is 7. The summed E-state index contributed by atoms with van der Waals surface area (Å²) in [5, 5.41) is 10.1. The third-order valence-electron chi connectivity index (χ3n) is 9.70. The van der Waals surface area contributed by atoms with Crippen LogP contribution >= 0.6 is 0 Å². The fourth-order valence-corrected chi connectivity index (χ4v) is 7.30. The fourth-order valence-electron chi connectivity index (χ4n) is 7.30. The number of nitrogens with zero attached hydrogens (tertiary/aromatic N) is 3. The molecule has 1 saturated heterocycles. The predicted molar refractivity (Wildman–Crippen MR) is 176 cm³/mol. The molecule has 0 bridgehead atoms. The Morgan fingerprint density at radius 3 is 2.61 bits per heavy atom. The Morgan fingerprint density at radius 1 is 1.09 bits per heavy atom. The molecule has 1 unspecified atom stereocenters. The number of pyridine rings is 1. The summed E-state index contributed by atoms with van der Waals surface area (Å²) in [5.74, 6) is 1.04. The Hall–Kier alpha value is -4.11. The zero-order chi connectivity index (χ0) is 32.8. The van der Waals surface area contributed by atoms with Gasteiger partial charge >= 0.3 is 12.1 Å². The third kappa shape index (κ3) is 6.05. The number of piperidine rings is 1. The number of anilines is 1. The van der Waals surface area contributed by atoms with E-state index in [4.69, 9.17) is 19.2 Å². The van der Waals surface area contributed by atoms with E-state index < -0.39 is 17.0 Å².